The van der Waals surface area contributed by atoms with E-state index >= 15 is 0 Å². The van der Waals surface area contributed by atoms with Crippen LogP contribution in [-0.2, 0) is 0 Å². The summed E-state index contributed by atoms with van der Waals surface area (Å²) in [5.41, 5.74) is 13.3. The lowest BCUT2D eigenvalue weighted by Gasteiger charge is -1.99. The highest BCUT2D eigenvalue weighted by Gasteiger charge is 2.02. The molecule has 0 saturated heterocycles. The summed E-state index contributed by atoms with van der Waals surface area (Å²) in [5, 5.41) is 17.0. The molecule has 7 heteroatoms. The first-order chi connectivity index (χ1) is 9.88. The van der Waals surface area contributed by atoms with E-state index in [9.17, 15) is 0 Å². The number of halogens is 1. The SMILES string of the molecule is Cc1ccc(C#N)c(N)n1.Cc1nc(N)c(C#N)cc1Br. The average Bonchev–Trinajstić information content (AvgIpc) is 2.44. The zero-order valence-corrected chi connectivity index (χ0v) is 13.1. The van der Waals surface area contributed by atoms with Crippen LogP contribution in [0.15, 0.2) is 22.7 Å². The van der Waals surface area contributed by atoms with Crippen molar-refractivity contribution in [3.05, 3.63) is 45.2 Å². The van der Waals surface area contributed by atoms with Gasteiger partial charge >= 0.3 is 0 Å². The Hall–Kier alpha value is -2.64. The highest BCUT2D eigenvalue weighted by Crippen LogP contribution is 2.18. The standard InChI is InChI=1S/C7H6BrN3.C7H7N3/c1-4-6(8)2-5(3-9)7(10)11-4;1-5-2-3-6(4-8)7(9)10-5/h2H,1H3,(H2,10,11);2-3H,1H3,(H2,9,10). The minimum atomic E-state index is 0.285. The van der Waals surface area contributed by atoms with Crippen molar-refractivity contribution >= 4 is 27.6 Å². The number of pyridine rings is 2. The summed E-state index contributed by atoms with van der Waals surface area (Å²) in [5.74, 6) is 0.593. The van der Waals surface area contributed by atoms with Gasteiger partial charge in [-0.3, -0.25) is 0 Å². The van der Waals surface area contributed by atoms with Crippen LogP contribution in [0.2, 0.25) is 0 Å². The molecule has 4 N–H and O–H groups in total. The molecule has 0 bridgehead atoms. The second-order valence-electron chi connectivity index (χ2n) is 4.10. The Bertz CT molecular complexity index is 742. The van der Waals surface area contributed by atoms with Crippen molar-refractivity contribution in [2.24, 2.45) is 0 Å². The Labute approximate surface area is 131 Å². The average molecular weight is 345 g/mol. The molecule has 2 aromatic heterocycles. The van der Waals surface area contributed by atoms with Crippen molar-refractivity contribution in [3.8, 4) is 12.1 Å². The van der Waals surface area contributed by atoms with E-state index in [1.54, 1.807) is 18.2 Å². The van der Waals surface area contributed by atoms with Crippen LogP contribution < -0.4 is 11.5 Å². The number of nitrogens with zero attached hydrogens (tertiary/aromatic N) is 4. The van der Waals surface area contributed by atoms with E-state index in [4.69, 9.17) is 22.0 Å². The van der Waals surface area contributed by atoms with Gasteiger partial charge in [-0.2, -0.15) is 10.5 Å². The van der Waals surface area contributed by atoms with Crippen LogP contribution in [0.5, 0.6) is 0 Å². The number of hydrogen-bond donors (Lipinski definition) is 2. The zero-order chi connectivity index (χ0) is 16.0. The smallest absolute Gasteiger partial charge is 0.141 e. The Kier molecular flexibility index (Phi) is 5.65. The summed E-state index contributed by atoms with van der Waals surface area (Å²) in [4.78, 5) is 7.85. The third kappa shape index (κ3) is 4.44. The molecular formula is C14H13BrN6. The summed E-state index contributed by atoms with van der Waals surface area (Å²) >= 11 is 3.25. The van der Waals surface area contributed by atoms with Gasteiger partial charge in [-0.25, -0.2) is 9.97 Å². The maximum atomic E-state index is 8.54. The van der Waals surface area contributed by atoms with Crippen LogP contribution in [-0.4, -0.2) is 9.97 Å². The molecule has 0 amide bonds. The molecule has 106 valence electrons. The van der Waals surface area contributed by atoms with Crippen molar-refractivity contribution in [1.29, 1.82) is 10.5 Å². The van der Waals surface area contributed by atoms with Crippen molar-refractivity contribution < 1.29 is 0 Å². The number of anilines is 2. The second kappa shape index (κ2) is 7.22. The van der Waals surface area contributed by atoms with Gasteiger partial charge in [-0.1, -0.05) is 0 Å². The summed E-state index contributed by atoms with van der Waals surface area (Å²) in [6, 6.07) is 8.97. The maximum absolute atomic E-state index is 8.54. The predicted octanol–water partition coefficient (Wildman–Crippen LogP) is 2.45. The molecule has 0 spiro atoms. The van der Waals surface area contributed by atoms with Crippen LogP contribution in [0.4, 0.5) is 11.6 Å². The Morgan fingerprint density at radius 3 is 2.10 bits per heavy atom. The van der Waals surface area contributed by atoms with E-state index < -0.39 is 0 Å². The van der Waals surface area contributed by atoms with Crippen molar-refractivity contribution in [2.75, 3.05) is 11.5 Å². The predicted molar refractivity (Wildman–Crippen MR) is 83.9 cm³/mol. The third-order valence-corrected chi connectivity index (χ3v) is 3.29. The first-order valence-corrected chi connectivity index (χ1v) is 6.64. The number of nitrogens with two attached hydrogens (primary N) is 2. The normalized spacial score (nSPS) is 9.00. The first kappa shape index (κ1) is 16.4. The highest BCUT2D eigenvalue weighted by molar-refractivity contribution is 9.10. The van der Waals surface area contributed by atoms with Gasteiger partial charge in [0.2, 0.25) is 0 Å². The quantitative estimate of drug-likeness (QED) is 0.755. The molecule has 0 aliphatic carbocycles. The van der Waals surface area contributed by atoms with E-state index in [-0.39, 0.29) is 5.82 Å². The molecule has 6 nitrogen and oxygen atoms in total. The lowest BCUT2D eigenvalue weighted by Crippen LogP contribution is -1.96. The van der Waals surface area contributed by atoms with Crippen molar-refractivity contribution in [3.63, 3.8) is 0 Å². The van der Waals surface area contributed by atoms with E-state index in [0.29, 0.717) is 16.9 Å². The molecule has 0 aliphatic rings. The fraction of sp³-hybridized carbons (Fsp3) is 0.143. The van der Waals surface area contributed by atoms with Gasteiger partial charge < -0.3 is 11.5 Å². The number of aromatic nitrogens is 2. The van der Waals surface area contributed by atoms with Crippen LogP contribution in [0, 0.1) is 36.5 Å². The van der Waals surface area contributed by atoms with Crippen molar-refractivity contribution in [2.45, 2.75) is 13.8 Å². The molecule has 2 heterocycles. The summed E-state index contributed by atoms with van der Waals surface area (Å²) < 4.78 is 0.809. The molecule has 0 radical (unpaired) electrons. The van der Waals surface area contributed by atoms with Crippen LogP contribution >= 0.6 is 15.9 Å². The van der Waals surface area contributed by atoms with Gasteiger partial charge in [-0.05, 0) is 48.0 Å². The Morgan fingerprint density at radius 1 is 1.00 bits per heavy atom. The number of hydrogen-bond acceptors (Lipinski definition) is 6. The minimum Gasteiger partial charge on any atom is -0.383 e. The summed E-state index contributed by atoms with van der Waals surface area (Å²) in [7, 11) is 0. The van der Waals surface area contributed by atoms with E-state index in [1.807, 2.05) is 26.0 Å². The molecule has 2 rings (SSSR count). The summed E-state index contributed by atoms with van der Waals surface area (Å²) in [6.07, 6.45) is 0. The number of nitrogen functional groups attached to an aromatic ring is 2. The monoisotopic (exact) mass is 344 g/mol. The Morgan fingerprint density at radius 2 is 1.57 bits per heavy atom. The number of nitriles is 2. The molecule has 21 heavy (non-hydrogen) atoms. The van der Waals surface area contributed by atoms with Gasteiger partial charge in [0.15, 0.2) is 0 Å². The van der Waals surface area contributed by atoms with Gasteiger partial charge in [0, 0.05) is 10.2 Å². The number of aryl methyl sites for hydroxylation is 2. The Balaban J connectivity index is 0.000000211. The van der Waals surface area contributed by atoms with E-state index in [1.165, 1.54) is 0 Å². The van der Waals surface area contributed by atoms with Gasteiger partial charge in [0.05, 0.1) is 16.8 Å². The maximum Gasteiger partial charge on any atom is 0.141 e. The zero-order valence-electron chi connectivity index (χ0n) is 11.6. The topological polar surface area (TPSA) is 125 Å². The molecule has 0 saturated carbocycles. The summed E-state index contributed by atoms with van der Waals surface area (Å²) in [6.45, 7) is 3.65. The van der Waals surface area contributed by atoms with Crippen molar-refractivity contribution in [1.82, 2.24) is 9.97 Å². The lowest BCUT2D eigenvalue weighted by molar-refractivity contribution is 1.18. The van der Waals surface area contributed by atoms with Gasteiger partial charge in [0.1, 0.15) is 23.8 Å². The van der Waals surface area contributed by atoms with Crippen LogP contribution in [0.1, 0.15) is 22.5 Å². The molecule has 0 aliphatic heterocycles. The van der Waals surface area contributed by atoms with Gasteiger partial charge in [0.25, 0.3) is 0 Å². The molecule has 2 aromatic rings. The number of rotatable bonds is 0. The molecule has 0 unspecified atom stereocenters. The van der Waals surface area contributed by atoms with Gasteiger partial charge in [-0.15, -0.1) is 0 Å². The third-order valence-electron chi connectivity index (χ3n) is 2.49. The molecular weight excluding hydrogens is 332 g/mol. The first-order valence-electron chi connectivity index (χ1n) is 5.85. The lowest BCUT2D eigenvalue weighted by atomic mass is 10.2. The molecule has 0 aromatic carbocycles. The minimum absolute atomic E-state index is 0.285. The fourth-order valence-electron chi connectivity index (χ4n) is 1.36. The van der Waals surface area contributed by atoms with Crippen LogP contribution in [0.25, 0.3) is 0 Å². The van der Waals surface area contributed by atoms with Crippen LogP contribution in [0.3, 0.4) is 0 Å². The highest BCUT2D eigenvalue weighted by atomic mass is 79.9. The molecule has 0 atom stereocenters. The second-order valence-corrected chi connectivity index (χ2v) is 4.95. The largest absolute Gasteiger partial charge is 0.383 e. The van der Waals surface area contributed by atoms with E-state index in [2.05, 4.69) is 25.9 Å². The fourth-order valence-corrected chi connectivity index (χ4v) is 1.68. The molecule has 0 fully saturated rings. The van der Waals surface area contributed by atoms with E-state index in [0.717, 1.165) is 15.9 Å².